The number of rotatable bonds is 17. The summed E-state index contributed by atoms with van der Waals surface area (Å²) in [6, 6.07) is 23.8. The van der Waals surface area contributed by atoms with E-state index in [1.165, 1.54) is 0 Å². The highest BCUT2D eigenvalue weighted by Crippen LogP contribution is 2.31. The van der Waals surface area contributed by atoms with Crippen molar-refractivity contribution >= 4 is 72.3 Å². The number of hydrogen-bond acceptors (Lipinski definition) is 18. The minimum absolute atomic E-state index is 0.0555. The van der Waals surface area contributed by atoms with Crippen LogP contribution in [-0.4, -0.2) is 118 Å². The Bertz CT molecular complexity index is 2840. The number of thiazole rings is 2. The molecule has 65 heavy (non-hydrogen) atoms. The number of amides is 1. The Labute approximate surface area is 385 Å². The summed E-state index contributed by atoms with van der Waals surface area (Å²) in [7, 11) is 11.1. The lowest BCUT2D eigenvalue weighted by Crippen LogP contribution is -2.27. The standard InChI is InChI=1S/C24H27N7O2S.C22H25N7OS/c1-14-8-16(27-21(32)13-31(3)4)9-15(2)23(14)19-11-26-30-24(29-19)25-12-22-28-18-10-17(33-5)6-7-20(18)34-22;1-29(2)11-10-23-16-6-4-15(5-7-16)19-13-25-28-22(27-19)24-14-21-26-18-12-17(30-3)8-9-20(18)31-21/h6-11H,12-13H2,1-5H3,(H,27,32)(H,25,29,30);4-9,12-13,23H,10-11,14H2,1-3H3,(H,24,27,28). The quantitative estimate of drug-likeness (QED) is 0.0696. The van der Waals surface area contributed by atoms with Crippen LogP contribution in [0.15, 0.2) is 85.2 Å². The van der Waals surface area contributed by atoms with Crippen LogP contribution in [0, 0.1) is 13.8 Å². The molecule has 0 radical (unpaired) electrons. The number of likely N-dealkylation sites (N-methyl/N-ethyl adjacent to an activating group) is 2. The van der Waals surface area contributed by atoms with E-state index in [4.69, 9.17) is 9.47 Å². The summed E-state index contributed by atoms with van der Waals surface area (Å²) < 4.78 is 12.7. The van der Waals surface area contributed by atoms with E-state index < -0.39 is 0 Å². The number of nitrogens with one attached hydrogen (secondary N) is 4. The molecule has 4 aromatic heterocycles. The Morgan fingerprint density at radius 3 is 1.69 bits per heavy atom. The van der Waals surface area contributed by atoms with Gasteiger partial charge in [-0.2, -0.15) is 10.2 Å². The number of aromatic nitrogens is 8. The Morgan fingerprint density at radius 1 is 0.631 bits per heavy atom. The van der Waals surface area contributed by atoms with E-state index in [-0.39, 0.29) is 5.91 Å². The zero-order valence-electron chi connectivity index (χ0n) is 37.6. The van der Waals surface area contributed by atoms with E-state index >= 15 is 0 Å². The van der Waals surface area contributed by atoms with Crippen molar-refractivity contribution in [2.75, 3.05) is 83.3 Å². The molecule has 0 saturated heterocycles. The van der Waals surface area contributed by atoms with Crippen molar-refractivity contribution in [1.29, 1.82) is 0 Å². The van der Waals surface area contributed by atoms with Gasteiger partial charge in [0.1, 0.15) is 21.5 Å². The summed E-state index contributed by atoms with van der Waals surface area (Å²) >= 11 is 3.24. The Hall–Kier alpha value is -6.93. The van der Waals surface area contributed by atoms with E-state index in [0.717, 1.165) is 94.4 Å². The molecule has 4 N–H and O–H groups in total. The number of nitrogens with zero attached hydrogens (tertiary/aromatic N) is 10. The largest absolute Gasteiger partial charge is 0.497 e. The number of aryl methyl sites for hydroxylation is 2. The number of ether oxygens (including phenoxy) is 2. The van der Waals surface area contributed by atoms with Crippen LogP contribution in [0.1, 0.15) is 21.1 Å². The summed E-state index contributed by atoms with van der Waals surface area (Å²) in [4.78, 5) is 34.7. The second-order valence-electron chi connectivity index (χ2n) is 15.5. The molecule has 0 unspecified atom stereocenters. The molecule has 0 bridgehead atoms. The zero-order valence-corrected chi connectivity index (χ0v) is 39.3. The van der Waals surface area contributed by atoms with Crippen LogP contribution in [-0.2, 0) is 17.9 Å². The average Bonchev–Trinajstić information content (AvgIpc) is 3.90. The second-order valence-corrected chi connectivity index (χ2v) is 17.7. The third kappa shape index (κ3) is 12.6. The molecule has 4 heterocycles. The lowest BCUT2D eigenvalue weighted by Gasteiger charge is -2.14. The summed E-state index contributed by atoms with van der Waals surface area (Å²) in [6.07, 6.45) is 3.32. The number of methoxy groups -OCH3 is 2. The summed E-state index contributed by atoms with van der Waals surface area (Å²) in [5.41, 5.74) is 9.10. The molecule has 17 nitrogen and oxygen atoms in total. The van der Waals surface area contributed by atoms with Crippen molar-refractivity contribution in [1.82, 2.24) is 50.1 Å². The lowest BCUT2D eigenvalue weighted by molar-refractivity contribution is -0.116. The number of anilines is 4. The van der Waals surface area contributed by atoms with Crippen LogP contribution in [0.2, 0.25) is 0 Å². The Kier molecular flexibility index (Phi) is 15.3. The molecule has 0 spiro atoms. The molecular formula is C46H52N14O3S2. The van der Waals surface area contributed by atoms with Crippen molar-refractivity contribution in [3.8, 4) is 34.0 Å². The van der Waals surface area contributed by atoms with Crippen molar-refractivity contribution in [3.05, 3.63) is 106 Å². The van der Waals surface area contributed by atoms with E-state index in [9.17, 15) is 4.79 Å². The number of hydrogen-bond donors (Lipinski definition) is 4. The second kappa shape index (κ2) is 21.6. The van der Waals surface area contributed by atoms with Gasteiger partial charge in [0.15, 0.2) is 0 Å². The SMILES string of the molecule is COc1ccc2sc(CNc3nncc(-c4c(C)cc(NC(=O)CN(C)C)cc4C)n3)nc2c1.COc1ccc2sc(CNc3nncc(-c4ccc(NCCN(C)C)cc4)n3)nc2c1. The third-order valence-electron chi connectivity index (χ3n) is 9.79. The molecule has 4 aromatic carbocycles. The molecule has 0 aliphatic heterocycles. The van der Waals surface area contributed by atoms with E-state index in [2.05, 4.69) is 92.7 Å². The maximum Gasteiger partial charge on any atom is 0.243 e. The van der Waals surface area contributed by atoms with Gasteiger partial charge < -0.3 is 40.5 Å². The van der Waals surface area contributed by atoms with Crippen molar-refractivity contribution in [3.63, 3.8) is 0 Å². The molecule has 0 saturated carbocycles. The molecule has 19 heteroatoms. The van der Waals surface area contributed by atoms with Crippen molar-refractivity contribution in [2.45, 2.75) is 26.9 Å². The minimum atomic E-state index is -0.0555. The van der Waals surface area contributed by atoms with Crippen LogP contribution in [0.5, 0.6) is 11.5 Å². The highest BCUT2D eigenvalue weighted by atomic mass is 32.1. The van der Waals surface area contributed by atoms with Gasteiger partial charge in [-0.15, -0.1) is 32.9 Å². The number of carbonyl (C=O) groups is 1. The average molecular weight is 913 g/mol. The van der Waals surface area contributed by atoms with E-state index in [1.807, 2.05) is 93.5 Å². The molecule has 0 aliphatic rings. The van der Waals surface area contributed by atoms with Gasteiger partial charge >= 0.3 is 0 Å². The Balaban J connectivity index is 0.000000195. The first-order chi connectivity index (χ1) is 31.4. The predicted octanol–water partition coefficient (Wildman–Crippen LogP) is 7.63. The van der Waals surface area contributed by atoms with Gasteiger partial charge in [-0.05, 0) is 102 Å². The van der Waals surface area contributed by atoms with E-state index in [1.54, 1.807) is 49.3 Å². The maximum atomic E-state index is 12.1. The maximum absolute atomic E-state index is 12.1. The fourth-order valence-corrected chi connectivity index (χ4v) is 8.53. The summed E-state index contributed by atoms with van der Waals surface area (Å²) in [5, 5.41) is 31.1. The molecule has 8 rings (SSSR count). The van der Waals surface area contributed by atoms with Crippen LogP contribution in [0.3, 0.4) is 0 Å². The molecule has 0 atom stereocenters. The number of benzene rings is 4. The van der Waals surface area contributed by atoms with Crippen molar-refractivity contribution < 1.29 is 14.3 Å². The fourth-order valence-electron chi connectivity index (χ4n) is 6.75. The first-order valence-corrected chi connectivity index (χ1v) is 22.4. The third-order valence-corrected chi connectivity index (χ3v) is 11.9. The topological polar surface area (TPSA) is 193 Å². The predicted molar refractivity (Wildman–Crippen MR) is 261 cm³/mol. The summed E-state index contributed by atoms with van der Waals surface area (Å²) in [6.45, 7) is 7.21. The van der Waals surface area contributed by atoms with E-state index in [0.29, 0.717) is 37.2 Å². The highest BCUT2D eigenvalue weighted by molar-refractivity contribution is 7.18. The fraction of sp³-hybridized carbons (Fsp3) is 0.283. The lowest BCUT2D eigenvalue weighted by atomic mass is 9.99. The summed E-state index contributed by atoms with van der Waals surface area (Å²) in [5.74, 6) is 2.43. The van der Waals surface area contributed by atoms with Crippen molar-refractivity contribution in [2.24, 2.45) is 0 Å². The van der Waals surface area contributed by atoms with Crippen LogP contribution >= 0.6 is 22.7 Å². The minimum Gasteiger partial charge on any atom is -0.497 e. The first kappa shape index (κ1) is 46.1. The van der Waals surface area contributed by atoms with Gasteiger partial charge in [0.05, 0.1) is 78.1 Å². The normalized spacial score (nSPS) is 11.1. The number of fused-ring (bicyclic) bond motifs is 2. The molecule has 0 aliphatic carbocycles. The Morgan fingerprint density at radius 2 is 1.17 bits per heavy atom. The van der Waals surface area contributed by atoms with Gasteiger partial charge in [-0.1, -0.05) is 12.1 Å². The first-order valence-electron chi connectivity index (χ1n) is 20.7. The van der Waals surface area contributed by atoms with Gasteiger partial charge in [-0.25, -0.2) is 19.9 Å². The van der Waals surface area contributed by atoms with Gasteiger partial charge in [0.2, 0.25) is 17.8 Å². The monoisotopic (exact) mass is 912 g/mol. The zero-order chi connectivity index (χ0) is 45.9. The highest BCUT2D eigenvalue weighted by Gasteiger charge is 2.14. The molecule has 0 fully saturated rings. The smallest absolute Gasteiger partial charge is 0.243 e. The van der Waals surface area contributed by atoms with Crippen LogP contribution in [0.4, 0.5) is 23.3 Å². The van der Waals surface area contributed by atoms with Gasteiger partial charge in [0.25, 0.3) is 0 Å². The molecule has 336 valence electrons. The number of carbonyl (C=O) groups excluding carboxylic acids is 1. The van der Waals surface area contributed by atoms with Crippen LogP contribution in [0.25, 0.3) is 42.9 Å². The molecular weight excluding hydrogens is 861 g/mol. The molecule has 1 amide bonds. The van der Waals surface area contributed by atoms with Crippen LogP contribution < -0.4 is 30.7 Å². The van der Waals surface area contributed by atoms with Gasteiger partial charge in [-0.3, -0.25) is 4.79 Å². The molecule has 8 aromatic rings. The van der Waals surface area contributed by atoms with Gasteiger partial charge in [0, 0.05) is 47.7 Å².